The predicted octanol–water partition coefficient (Wildman–Crippen LogP) is 2.51. The van der Waals surface area contributed by atoms with Gasteiger partial charge in [0.2, 0.25) is 0 Å². The van der Waals surface area contributed by atoms with Crippen LogP contribution in [-0.2, 0) is 6.54 Å². The van der Waals surface area contributed by atoms with Crippen molar-refractivity contribution in [1.29, 1.82) is 0 Å². The number of benzene rings is 1. The van der Waals surface area contributed by atoms with Crippen LogP contribution >= 0.6 is 15.9 Å². The van der Waals surface area contributed by atoms with Crippen molar-refractivity contribution in [1.82, 2.24) is 0 Å². The monoisotopic (exact) mass is 312 g/mol. The van der Waals surface area contributed by atoms with Crippen molar-refractivity contribution in [2.24, 2.45) is 11.7 Å². The van der Waals surface area contributed by atoms with E-state index in [1.807, 2.05) is 6.07 Å². The first kappa shape index (κ1) is 13.8. The molecule has 1 atom stereocenters. The first-order valence-corrected chi connectivity index (χ1v) is 7.38. The first-order chi connectivity index (χ1) is 8.74. The molecule has 0 amide bonds. The molecule has 1 heterocycles. The van der Waals surface area contributed by atoms with Crippen LogP contribution in [0.5, 0.6) is 0 Å². The zero-order valence-corrected chi connectivity index (χ0v) is 12.2. The van der Waals surface area contributed by atoms with Crippen molar-refractivity contribution in [3.05, 3.63) is 28.2 Å². The second-order valence-corrected chi connectivity index (χ2v) is 5.86. The zero-order chi connectivity index (χ0) is 13.0. The standard InChI is InChI=1S/C14H21BrN2O/c15-13-4-3-12(9-16)14(8-13)17-6-1-2-11(10-17)5-7-18/h3-4,8,11,18H,1-2,5-7,9-10,16H2. The topological polar surface area (TPSA) is 49.5 Å². The van der Waals surface area contributed by atoms with Gasteiger partial charge >= 0.3 is 0 Å². The van der Waals surface area contributed by atoms with Gasteiger partial charge in [-0.05, 0) is 42.9 Å². The Bertz CT molecular complexity index is 395. The molecular weight excluding hydrogens is 292 g/mol. The van der Waals surface area contributed by atoms with Crippen molar-refractivity contribution in [2.75, 3.05) is 24.6 Å². The lowest BCUT2D eigenvalue weighted by Gasteiger charge is -2.35. The van der Waals surface area contributed by atoms with Crippen LogP contribution in [-0.4, -0.2) is 24.8 Å². The number of aliphatic hydroxyl groups excluding tert-OH is 1. The van der Waals surface area contributed by atoms with Gasteiger partial charge in [0.25, 0.3) is 0 Å². The summed E-state index contributed by atoms with van der Waals surface area (Å²) in [6, 6.07) is 6.29. The number of aliphatic hydroxyl groups is 1. The summed E-state index contributed by atoms with van der Waals surface area (Å²) in [6.07, 6.45) is 3.33. The number of nitrogens with zero attached hydrogens (tertiary/aromatic N) is 1. The molecule has 1 aliphatic heterocycles. The Balaban J connectivity index is 2.17. The van der Waals surface area contributed by atoms with E-state index in [-0.39, 0.29) is 0 Å². The fourth-order valence-corrected chi connectivity index (χ4v) is 3.06. The Kier molecular flexibility index (Phi) is 5.03. The summed E-state index contributed by atoms with van der Waals surface area (Å²) in [5.41, 5.74) is 8.26. The Morgan fingerprint density at radius 2 is 2.28 bits per heavy atom. The molecule has 0 aromatic heterocycles. The van der Waals surface area contributed by atoms with E-state index in [0.29, 0.717) is 19.1 Å². The van der Waals surface area contributed by atoms with E-state index in [1.54, 1.807) is 0 Å². The third kappa shape index (κ3) is 3.25. The lowest BCUT2D eigenvalue weighted by atomic mass is 9.94. The SMILES string of the molecule is NCc1ccc(Br)cc1N1CCCC(CCO)C1. The molecule has 0 spiro atoms. The highest BCUT2D eigenvalue weighted by atomic mass is 79.9. The van der Waals surface area contributed by atoms with Gasteiger partial charge in [0, 0.05) is 36.4 Å². The smallest absolute Gasteiger partial charge is 0.0434 e. The molecule has 1 saturated heterocycles. The first-order valence-electron chi connectivity index (χ1n) is 6.59. The molecule has 3 nitrogen and oxygen atoms in total. The lowest BCUT2D eigenvalue weighted by Crippen LogP contribution is -2.36. The van der Waals surface area contributed by atoms with Crippen molar-refractivity contribution >= 4 is 21.6 Å². The number of hydrogen-bond donors (Lipinski definition) is 2. The molecule has 100 valence electrons. The molecule has 0 bridgehead atoms. The summed E-state index contributed by atoms with van der Waals surface area (Å²) < 4.78 is 1.10. The molecule has 1 aromatic carbocycles. The molecule has 1 aromatic rings. The van der Waals surface area contributed by atoms with Crippen LogP contribution in [0.3, 0.4) is 0 Å². The number of piperidine rings is 1. The Morgan fingerprint density at radius 1 is 1.44 bits per heavy atom. The van der Waals surface area contributed by atoms with E-state index < -0.39 is 0 Å². The highest BCUT2D eigenvalue weighted by Crippen LogP contribution is 2.29. The van der Waals surface area contributed by atoms with Gasteiger partial charge in [0.15, 0.2) is 0 Å². The average Bonchev–Trinajstić information content (AvgIpc) is 2.39. The molecule has 0 radical (unpaired) electrons. The number of anilines is 1. The van der Waals surface area contributed by atoms with E-state index >= 15 is 0 Å². The maximum atomic E-state index is 9.07. The van der Waals surface area contributed by atoms with Crippen molar-refractivity contribution in [3.8, 4) is 0 Å². The largest absolute Gasteiger partial charge is 0.396 e. The molecule has 1 aliphatic rings. The number of rotatable bonds is 4. The Hall–Kier alpha value is -0.580. The van der Waals surface area contributed by atoms with Crippen molar-refractivity contribution < 1.29 is 5.11 Å². The Labute approximate surface area is 117 Å². The quantitative estimate of drug-likeness (QED) is 0.898. The highest BCUT2D eigenvalue weighted by molar-refractivity contribution is 9.10. The maximum absolute atomic E-state index is 9.07. The summed E-state index contributed by atoms with van der Waals surface area (Å²) in [7, 11) is 0. The van der Waals surface area contributed by atoms with Gasteiger partial charge in [-0.1, -0.05) is 22.0 Å². The third-order valence-corrected chi connectivity index (χ3v) is 4.16. The minimum absolute atomic E-state index is 0.292. The van der Waals surface area contributed by atoms with Gasteiger partial charge in [-0.3, -0.25) is 0 Å². The van der Waals surface area contributed by atoms with Gasteiger partial charge in [-0.25, -0.2) is 0 Å². The van der Waals surface area contributed by atoms with Gasteiger partial charge in [0.05, 0.1) is 0 Å². The fraction of sp³-hybridized carbons (Fsp3) is 0.571. The summed E-state index contributed by atoms with van der Waals surface area (Å²) in [6.45, 7) is 2.99. The molecular formula is C14H21BrN2O. The number of hydrogen-bond acceptors (Lipinski definition) is 3. The lowest BCUT2D eigenvalue weighted by molar-refractivity contribution is 0.244. The van der Waals surface area contributed by atoms with E-state index in [9.17, 15) is 0 Å². The minimum atomic E-state index is 0.292. The van der Waals surface area contributed by atoms with Crippen molar-refractivity contribution in [3.63, 3.8) is 0 Å². The molecule has 18 heavy (non-hydrogen) atoms. The van der Waals surface area contributed by atoms with E-state index in [1.165, 1.54) is 24.1 Å². The summed E-state index contributed by atoms with van der Waals surface area (Å²) in [4.78, 5) is 2.41. The molecule has 0 saturated carbocycles. The molecule has 3 N–H and O–H groups in total. The highest BCUT2D eigenvalue weighted by Gasteiger charge is 2.21. The molecule has 4 heteroatoms. The van der Waals surface area contributed by atoms with E-state index in [4.69, 9.17) is 10.8 Å². The van der Waals surface area contributed by atoms with Crippen LogP contribution in [0.2, 0.25) is 0 Å². The van der Waals surface area contributed by atoms with E-state index in [2.05, 4.69) is 33.0 Å². The van der Waals surface area contributed by atoms with Crippen molar-refractivity contribution in [2.45, 2.75) is 25.8 Å². The molecule has 0 aliphatic carbocycles. The van der Waals surface area contributed by atoms with Gasteiger partial charge in [-0.15, -0.1) is 0 Å². The van der Waals surface area contributed by atoms with Crippen LogP contribution in [0.25, 0.3) is 0 Å². The van der Waals surface area contributed by atoms with Gasteiger partial charge < -0.3 is 15.7 Å². The minimum Gasteiger partial charge on any atom is -0.396 e. The average molecular weight is 313 g/mol. The number of nitrogens with two attached hydrogens (primary N) is 1. The molecule has 1 fully saturated rings. The number of halogens is 1. The molecule has 1 unspecified atom stereocenters. The maximum Gasteiger partial charge on any atom is 0.0434 e. The van der Waals surface area contributed by atoms with Crippen LogP contribution < -0.4 is 10.6 Å². The van der Waals surface area contributed by atoms with E-state index in [0.717, 1.165) is 24.0 Å². The predicted molar refractivity (Wildman–Crippen MR) is 78.7 cm³/mol. The second kappa shape index (κ2) is 6.55. The Morgan fingerprint density at radius 3 is 3.00 bits per heavy atom. The molecule has 2 rings (SSSR count). The summed E-state index contributed by atoms with van der Waals surface area (Å²) >= 11 is 3.53. The van der Waals surface area contributed by atoms with Gasteiger partial charge in [-0.2, -0.15) is 0 Å². The van der Waals surface area contributed by atoms with Crippen LogP contribution in [0.1, 0.15) is 24.8 Å². The summed E-state index contributed by atoms with van der Waals surface area (Å²) in [5.74, 6) is 0.605. The summed E-state index contributed by atoms with van der Waals surface area (Å²) in [5, 5.41) is 9.07. The second-order valence-electron chi connectivity index (χ2n) is 4.94. The normalized spacial score (nSPS) is 20.2. The van der Waals surface area contributed by atoms with Gasteiger partial charge in [0.1, 0.15) is 0 Å². The fourth-order valence-electron chi connectivity index (χ4n) is 2.71. The van der Waals surface area contributed by atoms with Crippen LogP contribution in [0.4, 0.5) is 5.69 Å². The third-order valence-electron chi connectivity index (χ3n) is 3.66. The zero-order valence-electron chi connectivity index (χ0n) is 10.6. The van der Waals surface area contributed by atoms with Crippen LogP contribution in [0.15, 0.2) is 22.7 Å². The van der Waals surface area contributed by atoms with Crippen LogP contribution in [0, 0.1) is 5.92 Å².